The van der Waals surface area contributed by atoms with Crippen LogP contribution < -0.4 is 5.32 Å². The fourth-order valence-electron chi connectivity index (χ4n) is 2.90. The maximum atomic E-state index is 12.3. The quantitative estimate of drug-likeness (QED) is 0.804. The van der Waals surface area contributed by atoms with Gasteiger partial charge in [0.25, 0.3) is 10.1 Å². The summed E-state index contributed by atoms with van der Waals surface area (Å²) in [5, 5.41) is 2.83. The van der Waals surface area contributed by atoms with Crippen LogP contribution in [-0.4, -0.2) is 32.8 Å². The van der Waals surface area contributed by atoms with Gasteiger partial charge < -0.3 is 10.1 Å². The molecular formula is C18H27NO5S. The lowest BCUT2D eigenvalue weighted by atomic mass is 9.75. The Balaban J connectivity index is 2.07. The number of benzene rings is 1. The summed E-state index contributed by atoms with van der Waals surface area (Å²) >= 11 is 0. The first kappa shape index (κ1) is 19.7. The second-order valence-corrected chi connectivity index (χ2v) is 9.00. The number of rotatable bonds is 5. The monoisotopic (exact) mass is 369 g/mol. The summed E-state index contributed by atoms with van der Waals surface area (Å²) in [5.74, 6) is 0.0741. The summed E-state index contributed by atoms with van der Waals surface area (Å²) in [6, 6.07) is 5.25. The fraction of sp³-hybridized carbons (Fsp3) is 0.611. The average molecular weight is 369 g/mol. The highest BCUT2D eigenvalue weighted by Gasteiger charge is 2.36. The molecule has 1 fully saturated rings. The van der Waals surface area contributed by atoms with Crippen LogP contribution in [0.25, 0.3) is 0 Å². The van der Waals surface area contributed by atoms with E-state index in [1.165, 1.54) is 0 Å². The zero-order valence-electron chi connectivity index (χ0n) is 15.5. The highest BCUT2D eigenvalue weighted by molar-refractivity contribution is 7.86. The molecule has 6 nitrogen and oxygen atoms in total. The SMILES string of the molecule is CCOS(=O)(=O)c1ccc(C)cc1C1CC(NC(=O)OC(C)(C)C)C1. The van der Waals surface area contributed by atoms with E-state index in [0.717, 1.165) is 11.1 Å². The van der Waals surface area contributed by atoms with Crippen molar-refractivity contribution in [2.24, 2.45) is 0 Å². The van der Waals surface area contributed by atoms with Crippen LogP contribution >= 0.6 is 0 Å². The number of carbonyl (C=O) groups excluding carboxylic acids is 1. The predicted molar refractivity (Wildman–Crippen MR) is 95.1 cm³/mol. The minimum atomic E-state index is -3.76. The molecule has 25 heavy (non-hydrogen) atoms. The molecular weight excluding hydrogens is 342 g/mol. The number of hydrogen-bond acceptors (Lipinski definition) is 5. The van der Waals surface area contributed by atoms with Gasteiger partial charge in [-0.3, -0.25) is 4.18 Å². The zero-order chi connectivity index (χ0) is 18.8. The largest absolute Gasteiger partial charge is 0.444 e. The minimum absolute atomic E-state index is 0.0111. The van der Waals surface area contributed by atoms with Crippen LogP contribution in [0.15, 0.2) is 23.1 Å². The van der Waals surface area contributed by atoms with E-state index in [1.807, 2.05) is 33.8 Å². The van der Waals surface area contributed by atoms with Crippen molar-refractivity contribution in [1.82, 2.24) is 5.32 Å². The standard InChI is InChI=1S/C18H27NO5S/c1-6-23-25(21,22)16-8-7-12(2)9-15(16)13-10-14(11-13)19-17(20)24-18(3,4)5/h7-9,13-14H,6,10-11H2,1-5H3,(H,19,20). The van der Waals surface area contributed by atoms with Crippen molar-refractivity contribution in [1.29, 1.82) is 0 Å². The summed E-state index contributed by atoms with van der Waals surface area (Å²) in [6.07, 6.45) is 0.914. The summed E-state index contributed by atoms with van der Waals surface area (Å²) in [7, 11) is -3.76. The summed E-state index contributed by atoms with van der Waals surface area (Å²) < 4.78 is 34.8. The Hall–Kier alpha value is -1.60. The molecule has 0 spiro atoms. The maximum absolute atomic E-state index is 12.3. The molecule has 1 aromatic carbocycles. The van der Waals surface area contributed by atoms with Crippen LogP contribution in [0.4, 0.5) is 4.79 Å². The van der Waals surface area contributed by atoms with Crippen molar-refractivity contribution in [2.45, 2.75) is 69.9 Å². The van der Waals surface area contributed by atoms with E-state index in [2.05, 4.69) is 5.32 Å². The van der Waals surface area contributed by atoms with Crippen molar-refractivity contribution in [3.63, 3.8) is 0 Å². The van der Waals surface area contributed by atoms with E-state index in [4.69, 9.17) is 8.92 Å². The Labute approximate surface area is 150 Å². The second kappa shape index (κ2) is 7.33. The third kappa shape index (κ3) is 5.19. The summed E-state index contributed by atoms with van der Waals surface area (Å²) in [6.45, 7) is 9.11. The second-order valence-electron chi connectivity index (χ2n) is 7.41. The van der Waals surface area contributed by atoms with Crippen LogP contribution in [-0.2, 0) is 19.0 Å². The molecule has 140 valence electrons. The normalized spacial score (nSPS) is 20.7. The van der Waals surface area contributed by atoms with E-state index < -0.39 is 21.8 Å². The van der Waals surface area contributed by atoms with E-state index >= 15 is 0 Å². The Morgan fingerprint density at radius 2 is 1.92 bits per heavy atom. The molecule has 1 saturated carbocycles. The Kier molecular flexibility index (Phi) is 5.79. The van der Waals surface area contributed by atoms with Crippen molar-refractivity contribution < 1.29 is 22.1 Å². The molecule has 0 aromatic heterocycles. The molecule has 1 amide bonds. The van der Waals surface area contributed by atoms with Gasteiger partial charge in [-0.05, 0) is 65.0 Å². The van der Waals surface area contributed by atoms with E-state index in [1.54, 1.807) is 19.1 Å². The molecule has 1 N–H and O–H groups in total. The Bertz CT molecular complexity index is 730. The molecule has 0 saturated heterocycles. The Morgan fingerprint density at radius 3 is 2.48 bits per heavy atom. The van der Waals surface area contributed by atoms with Gasteiger partial charge in [0.2, 0.25) is 0 Å². The molecule has 0 aliphatic heterocycles. The zero-order valence-corrected chi connectivity index (χ0v) is 16.3. The van der Waals surface area contributed by atoms with E-state index in [0.29, 0.717) is 12.8 Å². The van der Waals surface area contributed by atoms with Gasteiger partial charge in [0, 0.05) is 6.04 Å². The summed E-state index contributed by atoms with van der Waals surface area (Å²) in [4.78, 5) is 12.0. The lowest BCUT2D eigenvalue weighted by Gasteiger charge is -2.37. The van der Waals surface area contributed by atoms with E-state index in [9.17, 15) is 13.2 Å². The van der Waals surface area contributed by atoms with Crippen LogP contribution in [0.5, 0.6) is 0 Å². The molecule has 0 atom stereocenters. The molecule has 0 heterocycles. The van der Waals surface area contributed by atoms with Gasteiger partial charge in [0.05, 0.1) is 11.5 Å². The highest BCUT2D eigenvalue weighted by Crippen LogP contribution is 2.40. The third-order valence-electron chi connectivity index (χ3n) is 4.01. The molecule has 0 bridgehead atoms. The smallest absolute Gasteiger partial charge is 0.407 e. The minimum Gasteiger partial charge on any atom is -0.444 e. The number of ether oxygens (including phenoxy) is 1. The predicted octanol–water partition coefficient (Wildman–Crippen LogP) is 3.49. The fourth-order valence-corrected chi connectivity index (χ4v) is 4.08. The van der Waals surface area contributed by atoms with Gasteiger partial charge in [-0.1, -0.05) is 17.7 Å². The van der Waals surface area contributed by atoms with Crippen molar-refractivity contribution >= 4 is 16.2 Å². The third-order valence-corrected chi connectivity index (χ3v) is 5.46. The molecule has 2 rings (SSSR count). The van der Waals surface area contributed by atoms with Crippen molar-refractivity contribution in [2.75, 3.05) is 6.61 Å². The Morgan fingerprint density at radius 1 is 1.28 bits per heavy atom. The van der Waals surface area contributed by atoms with Gasteiger partial charge in [-0.25, -0.2) is 4.79 Å². The van der Waals surface area contributed by atoms with Gasteiger partial charge in [0.15, 0.2) is 0 Å². The number of alkyl carbamates (subject to hydrolysis) is 1. The molecule has 0 unspecified atom stereocenters. The first-order valence-corrected chi connectivity index (χ1v) is 9.92. The van der Waals surface area contributed by atoms with Gasteiger partial charge >= 0.3 is 6.09 Å². The van der Waals surface area contributed by atoms with Crippen LogP contribution in [0, 0.1) is 6.92 Å². The average Bonchev–Trinajstić information content (AvgIpc) is 2.39. The van der Waals surface area contributed by atoms with Gasteiger partial charge in [0.1, 0.15) is 5.60 Å². The topological polar surface area (TPSA) is 81.7 Å². The lowest BCUT2D eigenvalue weighted by molar-refractivity contribution is 0.0470. The molecule has 1 aromatic rings. The number of nitrogens with one attached hydrogen (secondary N) is 1. The molecule has 7 heteroatoms. The van der Waals surface area contributed by atoms with Gasteiger partial charge in [-0.15, -0.1) is 0 Å². The number of amides is 1. The molecule has 0 radical (unpaired) electrons. The van der Waals surface area contributed by atoms with Crippen LogP contribution in [0.2, 0.25) is 0 Å². The van der Waals surface area contributed by atoms with Crippen LogP contribution in [0.1, 0.15) is 57.6 Å². The molecule has 1 aliphatic rings. The molecule has 1 aliphatic carbocycles. The lowest BCUT2D eigenvalue weighted by Crippen LogP contribution is -2.45. The summed E-state index contributed by atoms with van der Waals surface area (Å²) in [5.41, 5.74) is 1.22. The van der Waals surface area contributed by atoms with Crippen molar-refractivity contribution in [3.05, 3.63) is 29.3 Å². The first-order valence-electron chi connectivity index (χ1n) is 8.51. The number of aryl methyl sites for hydroxylation is 1. The highest BCUT2D eigenvalue weighted by atomic mass is 32.2. The number of hydrogen-bond donors (Lipinski definition) is 1. The van der Waals surface area contributed by atoms with E-state index in [-0.39, 0.29) is 23.5 Å². The number of carbonyl (C=O) groups is 1. The van der Waals surface area contributed by atoms with Crippen molar-refractivity contribution in [3.8, 4) is 0 Å². The maximum Gasteiger partial charge on any atom is 0.407 e. The first-order chi connectivity index (χ1) is 11.5. The van der Waals surface area contributed by atoms with Gasteiger partial charge in [-0.2, -0.15) is 8.42 Å². The van der Waals surface area contributed by atoms with Crippen LogP contribution in [0.3, 0.4) is 0 Å².